The van der Waals surface area contributed by atoms with Crippen molar-refractivity contribution in [2.75, 3.05) is 19.7 Å². The topological polar surface area (TPSA) is 67.4 Å². The summed E-state index contributed by atoms with van der Waals surface area (Å²) in [5.74, 6) is 0.712. The summed E-state index contributed by atoms with van der Waals surface area (Å²) in [5.41, 5.74) is 0. The van der Waals surface area contributed by atoms with Crippen LogP contribution in [0.1, 0.15) is 19.8 Å². The van der Waals surface area contributed by atoms with Crippen molar-refractivity contribution in [1.29, 1.82) is 0 Å². The minimum Gasteiger partial charge on any atom is -0.493 e. The largest absolute Gasteiger partial charge is 0.493 e. The molecule has 2 aromatic carbocycles. The molecule has 7 heteroatoms. The number of piperidine rings is 1. The lowest BCUT2D eigenvalue weighted by molar-refractivity contribution is 0.344. The maximum atomic E-state index is 12.8. The Morgan fingerprint density at radius 3 is 2.46 bits per heavy atom. The summed E-state index contributed by atoms with van der Waals surface area (Å²) in [6, 6.07) is 10.8. The highest BCUT2D eigenvalue weighted by molar-refractivity contribution is 7.89. The Morgan fingerprint density at radius 2 is 1.79 bits per heavy atom. The predicted octanol–water partition coefficient (Wildman–Crippen LogP) is 2.69. The quantitative estimate of drug-likeness (QED) is 0.849. The van der Waals surface area contributed by atoms with Gasteiger partial charge < -0.3 is 10.1 Å². The first-order valence-corrected chi connectivity index (χ1v) is 9.47. The van der Waals surface area contributed by atoms with Gasteiger partial charge in [0.05, 0.1) is 11.5 Å². The van der Waals surface area contributed by atoms with Gasteiger partial charge in [-0.2, -0.15) is 0 Å². The van der Waals surface area contributed by atoms with Crippen LogP contribution in [-0.2, 0) is 10.0 Å². The molecule has 0 amide bonds. The summed E-state index contributed by atoms with van der Waals surface area (Å²) in [4.78, 5) is 0.315. The van der Waals surface area contributed by atoms with Crippen LogP contribution in [0.4, 0.5) is 0 Å². The van der Waals surface area contributed by atoms with Crippen LogP contribution in [0.3, 0.4) is 0 Å². The van der Waals surface area contributed by atoms with Gasteiger partial charge >= 0.3 is 0 Å². The summed E-state index contributed by atoms with van der Waals surface area (Å²) in [5, 5.41) is 4.76. The average molecular weight is 371 g/mol. The minimum atomic E-state index is -3.55. The molecule has 0 atom stereocenters. The second-order valence-electron chi connectivity index (χ2n) is 5.69. The van der Waals surface area contributed by atoms with Crippen molar-refractivity contribution in [1.82, 2.24) is 10.0 Å². The van der Waals surface area contributed by atoms with E-state index >= 15 is 0 Å². The highest BCUT2D eigenvalue weighted by Gasteiger charge is 2.24. The molecule has 5 nitrogen and oxygen atoms in total. The molecule has 3 rings (SSSR count). The zero-order chi connectivity index (χ0) is 16.3. The summed E-state index contributed by atoms with van der Waals surface area (Å²) in [6.07, 6.45) is 1.63. The van der Waals surface area contributed by atoms with Crippen LogP contribution in [0.25, 0.3) is 10.8 Å². The molecule has 0 radical (unpaired) electrons. The zero-order valence-corrected chi connectivity index (χ0v) is 15.3. The van der Waals surface area contributed by atoms with E-state index < -0.39 is 10.0 Å². The van der Waals surface area contributed by atoms with E-state index in [0.717, 1.165) is 31.3 Å². The van der Waals surface area contributed by atoms with E-state index in [2.05, 4.69) is 10.0 Å². The van der Waals surface area contributed by atoms with Crippen molar-refractivity contribution in [2.24, 2.45) is 0 Å². The van der Waals surface area contributed by atoms with Gasteiger partial charge in [0.25, 0.3) is 0 Å². The van der Waals surface area contributed by atoms with Crippen LogP contribution >= 0.6 is 12.4 Å². The molecule has 1 heterocycles. The Bertz CT molecular complexity index is 790. The Morgan fingerprint density at radius 1 is 1.12 bits per heavy atom. The molecule has 1 fully saturated rings. The van der Waals surface area contributed by atoms with E-state index in [0.29, 0.717) is 22.6 Å². The van der Waals surface area contributed by atoms with Crippen molar-refractivity contribution in [2.45, 2.75) is 30.7 Å². The van der Waals surface area contributed by atoms with E-state index in [1.807, 2.05) is 31.2 Å². The molecule has 1 saturated heterocycles. The van der Waals surface area contributed by atoms with Crippen LogP contribution in [0, 0.1) is 0 Å². The fourth-order valence-electron chi connectivity index (χ4n) is 2.98. The number of rotatable bonds is 5. The van der Waals surface area contributed by atoms with Gasteiger partial charge in [-0.3, -0.25) is 0 Å². The van der Waals surface area contributed by atoms with Gasteiger partial charge in [0.2, 0.25) is 10.0 Å². The maximum absolute atomic E-state index is 12.8. The molecule has 132 valence electrons. The van der Waals surface area contributed by atoms with E-state index in [4.69, 9.17) is 4.74 Å². The van der Waals surface area contributed by atoms with Crippen molar-refractivity contribution in [3.63, 3.8) is 0 Å². The summed E-state index contributed by atoms with van der Waals surface area (Å²) >= 11 is 0. The van der Waals surface area contributed by atoms with E-state index in [1.54, 1.807) is 12.1 Å². The Hall–Kier alpha value is -1.34. The molecule has 2 N–H and O–H groups in total. The molecule has 0 bridgehead atoms. The van der Waals surface area contributed by atoms with Gasteiger partial charge in [0.15, 0.2) is 0 Å². The zero-order valence-electron chi connectivity index (χ0n) is 13.6. The molecule has 24 heavy (non-hydrogen) atoms. The lowest BCUT2D eigenvalue weighted by Crippen LogP contribution is -2.42. The number of hydrogen-bond donors (Lipinski definition) is 2. The van der Waals surface area contributed by atoms with Crippen LogP contribution in [-0.4, -0.2) is 34.2 Å². The number of fused-ring (bicyclic) bond motifs is 1. The first-order chi connectivity index (χ1) is 11.1. The van der Waals surface area contributed by atoms with Crippen LogP contribution < -0.4 is 14.8 Å². The van der Waals surface area contributed by atoms with Gasteiger partial charge in [-0.15, -0.1) is 12.4 Å². The molecular weight excluding hydrogens is 348 g/mol. The van der Waals surface area contributed by atoms with Crippen LogP contribution in [0.15, 0.2) is 41.3 Å². The monoisotopic (exact) mass is 370 g/mol. The lowest BCUT2D eigenvalue weighted by Gasteiger charge is -2.24. The third kappa shape index (κ3) is 4.00. The van der Waals surface area contributed by atoms with E-state index in [1.165, 1.54) is 0 Å². The normalized spacial score (nSPS) is 15.9. The highest BCUT2D eigenvalue weighted by Crippen LogP contribution is 2.31. The summed E-state index contributed by atoms with van der Waals surface area (Å²) in [6.45, 7) is 4.15. The Balaban J connectivity index is 0.00000208. The van der Waals surface area contributed by atoms with E-state index in [9.17, 15) is 8.42 Å². The standard InChI is InChI=1S/C17H22N2O3S.ClH/c1-2-22-16-7-8-17(15-6-4-3-5-14(15)16)23(20,21)19-13-9-11-18-12-10-13;/h3-8,13,18-19H,2,9-12H2,1H3;1H. The van der Waals surface area contributed by atoms with Crippen molar-refractivity contribution >= 4 is 33.2 Å². The third-order valence-corrected chi connectivity index (χ3v) is 5.67. The lowest BCUT2D eigenvalue weighted by atomic mass is 10.1. The number of hydrogen-bond acceptors (Lipinski definition) is 4. The van der Waals surface area contributed by atoms with Gasteiger partial charge in [-0.25, -0.2) is 13.1 Å². The predicted molar refractivity (Wildman–Crippen MR) is 98.6 cm³/mol. The van der Waals surface area contributed by atoms with Crippen molar-refractivity contribution < 1.29 is 13.2 Å². The maximum Gasteiger partial charge on any atom is 0.241 e. The number of halogens is 1. The first kappa shape index (κ1) is 19.0. The fourth-order valence-corrected chi connectivity index (χ4v) is 4.50. The van der Waals surface area contributed by atoms with Gasteiger partial charge in [0, 0.05) is 16.8 Å². The molecule has 1 aliphatic rings. The first-order valence-electron chi connectivity index (χ1n) is 7.99. The number of benzene rings is 2. The Kier molecular flexibility index (Phi) is 6.46. The van der Waals surface area contributed by atoms with Crippen molar-refractivity contribution in [3.8, 4) is 5.75 Å². The van der Waals surface area contributed by atoms with Crippen LogP contribution in [0.2, 0.25) is 0 Å². The smallest absolute Gasteiger partial charge is 0.241 e. The highest BCUT2D eigenvalue weighted by atomic mass is 35.5. The number of ether oxygens (including phenoxy) is 1. The average Bonchev–Trinajstić information content (AvgIpc) is 2.56. The number of sulfonamides is 1. The second-order valence-corrected chi connectivity index (χ2v) is 7.37. The molecule has 2 aromatic rings. The van der Waals surface area contributed by atoms with Gasteiger partial charge in [-0.05, 0) is 45.0 Å². The SMILES string of the molecule is CCOc1ccc(S(=O)(=O)NC2CCNCC2)c2ccccc12.Cl. The van der Waals surface area contributed by atoms with Gasteiger partial charge in [0.1, 0.15) is 5.75 Å². The van der Waals surface area contributed by atoms with E-state index in [-0.39, 0.29) is 18.4 Å². The fraction of sp³-hybridized carbons (Fsp3) is 0.412. The molecule has 0 saturated carbocycles. The molecular formula is C17H23ClN2O3S. The third-order valence-electron chi connectivity index (χ3n) is 4.09. The molecule has 0 aromatic heterocycles. The minimum absolute atomic E-state index is 0. The summed E-state index contributed by atoms with van der Waals surface area (Å²) < 4.78 is 34.1. The molecule has 1 aliphatic heterocycles. The van der Waals surface area contributed by atoms with Gasteiger partial charge in [-0.1, -0.05) is 24.3 Å². The van der Waals surface area contributed by atoms with Crippen molar-refractivity contribution in [3.05, 3.63) is 36.4 Å². The van der Waals surface area contributed by atoms with Crippen LogP contribution in [0.5, 0.6) is 5.75 Å². The summed E-state index contributed by atoms with van der Waals surface area (Å²) in [7, 11) is -3.55. The molecule has 0 aliphatic carbocycles. The second kappa shape index (κ2) is 8.16. The molecule has 0 unspecified atom stereocenters. The Labute approximate surface area is 149 Å². The number of nitrogens with one attached hydrogen (secondary N) is 2. The molecule has 0 spiro atoms.